The van der Waals surface area contributed by atoms with Crippen LogP contribution in [0.1, 0.15) is 28.2 Å². The van der Waals surface area contributed by atoms with E-state index in [2.05, 4.69) is 21.3 Å². The molecule has 1 atom stereocenters. The maximum atomic E-state index is 12.6. The lowest BCUT2D eigenvalue weighted by molar-refractivity contribution is 0.0622. The van der Waals surface area contributed by atoms with E-state index in [1.807, 2.05) is 31.3 Å². The zero-order valence-electron chi connectivity index (χ0n) is 13.7. The van der Waals surface area contributed by atoms with Crippen molar-refractivity contribution in [3.05, 3.63) is 41.0 Å². The molecular formula is C18H21N3OS2. The van der Waals surface area contributed by atoms with Crippen molar-refractivity contribution in [2.45, 2.75) is 34.9 Å². The van der Waals surface area contributed by atoms with Crippen molar-refractivity contribution in [2.24, 2.45) is 5.92 Å². The number of aryl methyl sites for hydroxylation is 1. The van der Waals surface area contributed by atoms with E-state index in [-0.39, 0.29) is 5.91 Å². The quantitative estimate of drug-likeness (QED) is 0.908. The van der Waals surface area contributed by atoms with Crippen LogP contribution in [0.15, 0.2) is 39.6 Å². The molecular weight excluding hydrogens is 338 g/mol. The summed E-state index contributed by atoms with van der Waals surface area (Å²) in [5, 5.41) is 3.26. The second-order valence-corrected chi connectivity index (χ2v) is 9.03. The minimum atomic E-state index is 0.0765. The molecule has 3 aliphatic rings. The second-order valence-electron chi connectivity index (χ2n) is 6.57. The van der Waals surface area contributed by atoms with Gasteiger partial charge in [-0.15, -0.1) is 11.3 Å². The lowest BCUT2D eigenvalue weighted by atomic mass is 9.84. The highest BCUT2D eigenvalue weighted by Crippen LogP contribution is 2.33. The molecule has 24 heavy (non-hydrogen) atoms. The molecule has 126 valence electrons. The molecule has 5 rings (SSSR count). The number of nitrogens with zero attached hydrogens (tertiary/aromatic N) is 2. The predicted molar refractivity (Wildman–Crippen MR) is 97.8 cm³/mol. The lowest BCUT2D eigenvalue weighted by Gasteiger charge is -2.44. The first kappa shape index (κ1) is 16.1. The molecule has 0 aromatic carbocycles. The highest BCUT2D eigenvalue weighted by molar-refractivity contribution is 8.01. The SMILES string of the molecule is Cc1ccc(Sc2ccc(C(=O)N[C@H]3CN4CCC3CC4)s2)cn1. The second kappa shape index (κ2) is 6.86. The van der Waals surface area contributed by atoms with Gasteiger partial charge in [-0.05, 0) is 63.0 Å². The molecule has 2 aromatic heterocycles. The van der Waals surface area contributed by atoms with E-state index in [1.54, 1.807) is 23.1 Å². The fourth-order valence-corrected chi connectivity index (χ4v) is 5.47. The van der Waals surface area contributed by atoms with Gasteiger partial charge in [0.15, 0.2) is 0 Å². The van der Waals surface area contributed by atoms with Crippen molar-refractivity contribution in [1.29, 1.82) is 0 Å². The highest BCUT2D eigenvalue weighted by atomic mass is 32.2. The van der Waals surface area contributed by atoms with Crippen LogP contribution in [0.25, 0.3) is 0 Å². The molecule has 2 bridgehead atoms. The molecule has 1 amide bonds. The largest absolute Gasteiger partial charge is 0.347 e. The van der Waals surface area contributed by atoms with Gasteiger partial charge in [-0.3, -0.25) is 9.78 Å². The van der Waals surface area contributed by atoms with Crippen molar-refractivity contribution in [1.82, 2.24) is 15.2 Å². The molecule has 3 aliphatic heterocycles. The number of carbonyl (C=O) groups excluding carboxylic acids is 1. The number of fused-ring (bicyclic) bond motifs is 3. The van der Waals surface area contributed by atoms with Crippen LogP contribution < -0.4 is 5.32 Å². The number of piperidine rings is 3. The minimum absolute atomic E-state index is 0.0765. The van der Waals surface area contributed by atoms with Gasteiger partial charge < -0.3 is 10.2 Å². The van der Waals surface area contributed by atoms with Gasteiger partial charge in [-0.25, -0.2) is 0 Å². The maximum absolute atomic E-state index is 12.6. The number of rotatable bonds is 4. The number of carbonyl (C=O) groups is 1. The van der Waals surface area contributed by atoms with E-state index < -0.39 is 0 Å². The van der Waals surface area contributed by atoms with Crippen molar-refractivity contribution in [2.75, 3.05) is 19.6 Å². The molecule has 0 unspecified atom stereocenters. The summed E-state index contributed by atoms with van der Waals surface area (Å²) in [4.78, 5) is 21.2. The molecule has 0 radical (unpaired) electrons. The van der Waals surface area contributed by atoms with Crippen LogP contribution >= 0.6 is 23.1 Å². The Kier molecular flexibility index (Phi) is 4.61. The van der Waals surface area contributed by atoms with Gasteiger partial charge >= 0.3 is 0 Å². The van der Waals surface area contributed by atoms with Gasteiger partial charge in [0.1, 0.15) is 0 Å². The summed E-state index contributed by atoms with van der Waals surface area (Å²) in [5.74, 6) is 0.735. The predicted octanol–water partition coefficient (Wildman–Crippen LogP) is 3.43. The smallest absolute Gasteiger partial charge is 0.261 e. The van der Waals surface area contributed by atoms with Crippen LogP contribution in [0.5, 0.6) is 0 Å². The van der Waals surface area contributed by atoms with Gasteiger partial charge in [0.2, 0.25) is 0 Å². The number of thiophene rings is 1. The van der Waals surface area contributed by atoms with E-state index in [4.69, 9.17) is 0 Å². The summed E-state index contributed by atoms with van der Waals surface area (Å²) < 4.78 is 1.12. The van der Waals surface area contributed by atoms with Crippen molar-refractivity contribution < 1.29 is 4.79 Å². The van der Waals surface area contributed by atoms with Crippen LogP contribution in [-0.4, -0.2) is 41.5 Å². The van der Waals surface area contributed by atoms with Gasteiger partial charge in [0, 0.05) is 29.4 Å². The number of hydrogen-bond acceptors (Lipinski definition) is 5. The summed E-state index contributed by atoms with van der Waals surface area (Å²) in [6.45, 7) is 5.39. The Bertz CT molecular complexity index is 720. The van der Waals surface area contributed by atoms with Crippen LogP contribution in [0.2, 0.25) is 0 Å². The Labute approximate surface area is 150 Å². The molecule has 0 aliphatic carbocycles. The van der Waals surface area contributed by atoms with E-state index in [0.29, 0.717) is 12.0 Å². The van der Waals surface area contributed by atoms with Gasteiger partial charge in [-0.1, -0.05) is 11.8 Å². The first-order valence-corrected chi connectivity index (χ1v) is 10.0. The Morgan fingerprint density at radius 1 is 1.29 bits per heavy atom. The molecule has 0 spiro atoms. The van der Waals surface area contributed by atoms with Crippen LogP contribution in [0.3, 0.4) is 0 Å². The first-order valence-electron chi connectivity index (χ1n) is 8.41. The summed E-state index contributed by atoms with van der Waals surface area (Å²) in [6.07, 6.45) is 4.32. The highest BCUT2D eigenvalue weighted by Gasteiger charge is 2.35. The van der Waals surface area contributed by atoms with Crippen LogP contribution in [0.4, 0.5) is 0 Å². The summed E-state index contributed by atoms with van der Waals surface area (Å²) in [5.41, 5.74) is 1.02. The molecule has 6 heteroatoms. The van der Waals surface area contributed by atoms with Gasteiger partial charge in [0.05, 0.1) is 9.09 Å². The van der Waals surface area contributed by atoms with Crippen LogP contribution in [0, 0.1) is 12.8 Å². The average molecular weight is 360 g/mol. The van der Waals surface area contributed by atoms with Gasteiger partial charge in [-0.2, -0.15) is 0 Å². The number of hydrogen-bond donors (Lipinski definition) is 1. The number of amides is 1. The summed E-state index contributed by atoms with van der Waals surface area (Å²) >= 11 is 3.22. The third-order valence-electron chi connectivity index (χ3n) is 4.88. The number of nitrogens with one attached hydrogen (secondary N) is 1. The fraction of sp³-hybridized carbons (Fsp3) is 0.444. The number of pyridine rings is 1. The molecule has 0 saturated carbocycles. The van der Waals surface area contributed by atoms with Crippen molar-refractivity contribution in [3.8, 4) is 0 Å². The molecule has 3 fully saturated rings. The molecule has 3 saturated heterocycles. The number of aromatic nitrogens is 1. The molecule has 1 N–H and O–H groups in total. The van der Waals surface area contributed by atoms with E-state index in [0.717, 1.165) is 26.2 Å². The summed E-state index contributed by atoms with van der Waals surface area (Å²) in [6, 6.07) is 8.36. The zero-order valence-corrected chi connectivity index (χ0v) is 15.3. The minimum Gasteiger partial charge on any atom is -0.347 e. The third-order valence-corrected chi connectivity index (χ3v) is 7.07. The third kappa shape index (κ3) is 3.50. The van der Waals surface area contributed by atoms with Crippen LogP contribution in [-0.2, 0) is 0 Å². The van der Waals surface area contributed by atoms with E-state index in [1.165, 1.54) is 25.9 Å². The average Bonchev–Trinajstić information content (AvgIpc) is 3.07. The van der Waals surface area contributed by atoms with E-state index >= 15 is 0 Å². The normalized spacial score (nSPS) is 25.6. The Balaban J connectivity index is 1.39. The zero-order chi connectivity index (χ0) is 16.5. The molecule has 5 heterocycles. The first-order chi connectivity index (χ1) is 11.7. The van der Waals surface area contributed by atoms with Crippen molar-refractivity contribution >= 4 is 29.0 Å². The Morgan fingerprint density at radius 3 is 2.79 bits per heavy atom. The Hall–Kier alpha value is -1.37. The van der Waals surface area contributed by atoms with Crippen molar-refractivity contribution in [3.63, 3.8) is 0 Å². The molecule has 4 nitrogen and oxygen atoms in total. The van der Waals surface area contributed by atoms with E-state index in [9.17, 15) is 4.79 Å². The lowest BCUT2D eigenvalue weighted by Crippen LogP contribution is -2.57. The topological polar surface area (TPSA) is 45.2 Å². The van der Waals surface area contributed by atoms with Gasteiger partial charge in [0.25, 0.3) is 5.91 Å². The molecule has 2 aromatic rings. The fourth-order valence-electron chi connectivity index (χ4n) is 3.50. The maximum Gasteiger partial charge on any atom is 0.261 e. The standard InChI is InChI=1S/C18H21N3OS2/c1-12-2-3-14(10-19-12)23-17-5-4-16(24-17)18(22)20-15-11-21-8-6-13(15)7-9-21/h2-5,10,13,15H,6-9,11H2,1H3,(H,20,22)/t15-/m0/s1. The Morgan fingerprint density at radius 2 is 2.12 bits per heavy atom. The summed E-state index contributed by atoms with van der Waals surface area (Å²) in [7, 11) is 0. The monoisotopic (exact) mass is 359 g/mol.